The van der Waals surface area contributed by atoms with Crippen molar-refractivity contribution in [3.63, 3.8) is 0 Å². The Morgan fingerprint density at radius 1 is 0.682 bits per heavy atom. The van der Waals surface area contributed by atoms with Gasteiger partial charge in [-0.15, -0.1) is 0 Å². The van der Waals surface area contributed by atoms with Gasteiger partial charge < -0.3 is 10.0 Å². The molecule has 0 aromatic heterocycles. The minimum absolute atomic E-state index is 0.164. The van der Waals surface area contributed by atoms with Gasteiger partial charge in [0.05, 0.1) is 6.10 Å². The van der Waals surface area contributed by atoms with Gasteiger partial charge in [-0.3, -0.25) is 0 Å². The van der Waals surface area contributed by atoms with E-state index in [0.717, 1.165) is 6.42 Å². The van der Waals surface area contributed by atoms with Gasteiger partial charge in [0.25, 0.3) is 0 Å². The molecule has 0 saturated carbocycles. The summed E-state index contributed by atoms with van der Waals surface area (Å²) in [6.07, 6.45) is 18.8. The highest BCUT2D eigenvalue weighted by atomic mass is 16.3. The van der Waals surface area contributed by atoms with E-state index < -0.39 is 0 Å². The molecule has 2 unspecified atom stereocenters. The molecule has 134 valence electrons. The van der Waals surface area contributed by atoms with Crippen molar-refractivity contribution in [1.29, 1.82) is 0 Å². The molecule has 0 aliphatic carbocycles. The molecule has 0 aromatic rings. The zero-order chi connectivity index (χ0) is 16.6. The second-order valence-electron chi connectivity index (χ2n) is 7.30. The molecule has 0 amide bonds. The summed E-state index contributed by atoms with van der Waals surface area (Å²) in [4.78, 5) is 2.10. The zero-order valence-electron chi connectivity index (χ0n) is 15.9. The first-order chi connectivity index (χ1) is 10.6. The van der Waals surface area contributed by atoms with Crippen LogP contribution in [0.15, 0.2) is 0 Å². The molecule has 2 heteroatoms. The van der Waals surface area contributed by atoms with Crippen LogP contribution in [0.5, 0.6) is 0 Å². The van der Waals surface area contributed by atoms with Crippen LogP contribution in [0.4, 0.5) is 0 Å². The lowest BCUT2D eigenvalue weighted by Gasteiger charge is -2.25. The van der Waals surface area contributed by atoms with E-state index in [-0.39, 0.29) is 12.1 Å². The van der Waals surface area contributed by atoms with Crippen molar-refractivity contribution in [2.45, 2.75) is 116 Å². The summed E-state index contributed by atoms with van der Waals surface area (Å²) in [5, 5.41) is 10.0. The van der Waals surface area contributed by atoms with Gasteiger partial charge in [0.2, 0.25) is 0 Å². The van der Waals surface area contributed by atoms with Crippen molar-refractivity contribution in [3.8, 4) is 0 Å². The minimum atomic E-state index is -0.164. The summed E-state index contributed by atoms with van der Waals surface area (Å²) < 4.78 is 0. The van der Waals surface area contributed by atoms with Crippen molar-refractivity contribution < 1.29 is 5.11 Å². The summed E-state index contributed by atoms with van der Waals surface area (Å²) in [5.74, 6) is 0. The molecule has 0 aromatic carbocycles. The molecule has 0 saturated heterocycles. The van der Waals surface area contributed by atoms with Gasteiger partial charge in [-0.2, -0.15) is 0 Å². The average molecular weight is 314 g/mol. The van der Waals surface area contributed by atoms with E-state index in [1.165, 1.54) is 83.5 Å². The molecular weight excluding hydrogens is 270 g/mol. The first-order valence-electron chi connectivity index (χ1n) is 9.94. The topological polar surface area (TPSA) is 23.5 Å². The highest BCUT2D eigenvalue weighted by molar-refractivity contribution is 4.70. The fraction of sp³-hybridized carbons (Fsp3) is 1.00. The van der Waals surface area contributed by atoms with E-state index in [1.54, 1.807) is 0 Å². The third-order valence-electron chi connectivity index (χ3n) is 4.97. The maximum absolute atomic E-state index is 10.0. The molecule has 0 radical (unpaired) electrons. The lowest BCUT2D eigenvalue weighted by atomic mass is 10.0. The summed E-state index contributed by atoms with van der Waals surface area (Å²) in [7, 11) is 4.08. The Bertz CT molecular complexity index is 218. The molecule has 0 aliphatic rings. The number of aliphatic hydroxyl groups is 1. The number of hydrogen-bond donors (Lipinski definition) is 1. The number of aliphatic hydroxyl groups excluding tert-OH is 1. The first-order valence-corrected chi connectivity index (χ1v) is 9.94. The van der Waals surface area contributed by atoms with Crippen LogP contribution in [0.1, 0.15) is 104 Å². The van der Waals surface area contributed by atoms with E-state index in [9.17, 15) is 5.11 Å². The normalized spacial score (nSPS) is 14.5. The highest BCUT2D eigenvalue weighted by Gasteiger charge is 2.14. The Morgan fingerprint density at radius 2 is 1.05 bits per heavy atom. The molecule has 0 heterocycles. The fourth-order valence-corrected chi connectivity index (χ4v) is 2.96. The van der Waals surface area contributed by atoms with Crippen LogP contribution in [0.3, 0.4) is 0 Å². The van der Waals surface area contributed by atoms with E-state index in [2.05, 4.69) is 18.7 Å². The Labute approximate surface area is 140 Å². The quantitative estimate of drug-likeness (QED) is 0.365. The van der Waals surface area contributed by atoms with Crippen LogP contribution in [0, 0.1) is 0 Å². The molecular formula is C20H43NO. The zero-order valence-corrected chi connectivity index (χ0v) is 15.9. The van der Waals surface area contributed by atoms with Crippen LogP contribution in [0.25, 0.3) is 0 Å². The van der Waals surface area contributed by atoms with E-state index in [0.29, 0.717) is 0 Å². The summed E-state index contributed by atoms with van der Waals surface area (Å²) in [6.45, 7) is 4.39. The molecule has 2 atom stereocenters. The second-order valence-corrected chi connectivity index (χ2v) is 7.30. The minimum Gasteiger partial charge on any atom is -0.392 e. The second kappa shape index (κ2) is 15.8. The smallest absolute Gasteiger partial charge is 0.0692 e. The molecule has 0 aliphatic heterocycles. The van der Waals surface area contributed by atoms with Gasteiger partial charge in [-0.25, -0.2) is 0 Å². The van der Waals surface area contributed by atoms with Crippen molar-refractivity contribution in [2.75, 3.05) is 14.1 Å². The highest BCUT2D eigenvalue weighted by Crippen LogP contribution is 2.14. The SMILES string of the molecule is CCCCCCCCCCCCCCCC(O)C(C)N(C)C. The third-order valence-corrected chi connectivity index (χ3v) is 4.97. The number of unbranched alkanes of at least 4 members (excludes halogenated alkanes) is 12. The van der Waals surface area contributed by atoms with Gasteiger partial charge >= 0.3 is 0 Å². The van der Waals surface area contributed by atoms with Gasteiger partial charge in [-0.1, -0.05) is 90.4 Å². The Hall–Kier alpha value is -0.0800. The monoisotopic (exact) mass is 313 g/mol. The third kappa shape index (κ3) is 13.6. The predicted molar refractivity (Wildman–Crippen MR) is 99.5 cm³/mol. The maximum atomic E-state index is 10.0. The van der Waals surface area contributed by atoms with Gasteiger partial charge in [0.1, 0.15) is 0 Å². The first kappa shape index (κ1) is 21.9. The fourth-order valence-electron chi connectivity index (χ4n) is 2.96. The molecule has 1 N–H and O–H groups in total. The summed E-state index contributed by atoms with van der Waals surface area (Å²) in [5.41, 5.74) is 0. The van der Waals surface area contributed by atoms with Crippen molar-refractivity contribution in [2.24, 2.45) is 0 Å². The van der Waals surface area contributed by atoms with Crippen molar-refractivity contribution in [3.05, 3.63) is 0 Å². The van der Waals surface area contributed by atoms with Gasteiger partial charge in [0, 0.05) is 6.04 Å². The lowest BCUT2D eigenvalue weighted by molar-refractivity contribution is 0.0764. The van der Waals surface area contributed by atoms with Crippen LogP contribution >= 0.6 is 0 Å². The van der Waals surface area contributed by atoms with Gasteiger partial charge in [0.15, 0.2) is 0 Å². The number of hydrogen-bond acceptors (Lipinski definition) is 2. The maximum Gasteiger partial charge on any atom is 0.0692 e. The molecule has 0 bridgehead atoms. The molecule has 0 spiro atoms. The largest absolute Gasteiger partial charge is 0.392 e. The molecule has 0 rings (SSSR count). The van der Waals surface area contributed by atoms with Crippen LogP contribution in [-0.2, 0) is 0 Å². The van der Waals surface area contributed by atoms with E-state index >= 15 is 0 Å². The Kier molecular flexibility index (Phi) is 15.7. The number of nitrogens with zero attached hydrogens (tertiary/aromatic N) is 1. The van der Waals surface area contributed by atoms with Crippen molar-refractivity contribution in [1.82, 2.24) is 4.90 Å². The van der Waals surface area contributed by atoms with Gasteiger partial charge in [-0.05, 0) is 27.4 Å². The average Bonchev–Trinajstić information content (AvgIpc) is 2.50. The van der Waals surface area contributed by atoms with Crippen LogP contribution in [-0.4, -0.2) is 36.2 Å². The standard InChI is InChI=1S/C20H43NO/c1-5-6-7-8-9-10-11-12-13-14-15-16-17-18-20(22)19(2)21(3)4/h19-20,22H,5-18H2,1-4H3. The lowest BCUT2D eigenvalue weighted by Crippen LogP contribution is -2.36. The van der Waals surface area contributed by atoms with Crippen LogP contribution < -0.4 is 0 Å². The summed E-state index contributed by atoms with van der Waals surface area (Å²) >= 11 is 0. The van der Waals surface area contributed by atoms with E-state index in [1.807, 2.05) is 14.1 Å². The molecule has 22 heavy (non-hydrogen) atoms. The number of likely N-dealkylation sites (N-methyl/N-ethyl adjacent to an activating group) is 1. The van der Waals surface area contributed by atoms with Crippen molar-refractivity contribution >= 4 is 0 Å². The molecule has 0 fully saturated rings. The van der Waals surface area contributed by atoms with Crippen LogP contribution in [0.2, 0.25) is 0 Å². The molecule has 2 nitrogen and oxygen atoms in total. The predicted octanol–water partition coefficient (Wildman–Crippen LogP) is 5.78. The Morgan fingerprint density at radius 3 is 1.41 bits per heavy atom. The Balaban J connectivity index is 3.17. The van der Waals surface area contributed by atoms with E-state index in [4.69, 9.17) is 0 Å². The number of rotatable bonds is 16. The summed E-state index contributed by atoms with van der Waals surface area (Å²) in [6, 6.07) is 0.275.